The maximum atomic E-state index is 12.9. The second-order valence-corrected chi connectivity index (χ2v) is 10.2. The van der Waals surface area contributed by atoms with Crippen molar-refractivity contribution in [3.8, 4) is 17.1 Å². The van der Waals surface area contributed by atoms with Gasteiger partial charge in [-0.2, -0.15) is 4.80 Å². The molecule has 0 saturated carbocycles. The molecule has 1 N–H and O–H groups in total. The molecule has 0 bridgehead atoms. The highest BCUT2D eigenvalue weighted by molar-refractivity contribution is 5.96. The number of nitrogens with one attached hydrogen (secondary N) is 1. The van der Waals surface area contributed by atoms with E-state index >= 15 is 0 Å². The van der Waals surface area contributed by atoms with Gasteiger partial charge in [0.05, 0.1) is 48.0 Å². The number of methoxy groups -OCH3 is 1. The van der Waals surface area contributed by atoms with Crippen molar-refractivity contribution < 1.29 is 9.53 Å². The van der Waals surface area contributed by atoms with Crippen LogP contribution in [0.5, 0.6) is 5.75 Å². The van der Waals surface area contributed by atoms with E-state index in [9.17, 15) is 4.79 Å². The van der Waals surface area contributed by atoms with Crippen LogP contribution >= 0.6 is 0 Å². The highest BCUT2D eigenvalue weighted by Gasteiger charge is 2.23. The summed E-state index contributed by atoms with van der Waals surface area (Å²) < 4.78 is 5.79. The molecule has 0 unspecified atom stereocenters. The van der Waals surface area contributed by atoms with Gasteiger partial charge in [0.2, 0.25) is 5.82 Å². The number of pyridine rings is 2. The SMILES string of the molecule is COc1c(Nc2cc(Cc3ccc(C(=O)N4CCCC4)c(C)n3)nc3c2N=C(C)C3)cccc1-c1nnn(C)n1. The number of aromatic nitrogens is 6. The zero-order valence-electron chi connectivity index (χ0n) is 23.1. The lowest BCUT2D eigenvalue weighted by molar-refractivity contribution is 0.0791. The van der Waals surface area contributed by atoms with Crippen LogP contribution in [0.3, 0.4) is 0 Å². The maximum Gasteiger partial charge on any atom is 0.255 e. The number of fused-ring (bicyclic) bond motifs is 1. The molecule has 4 aromatic rings. The van der Waals surface area contributed by atoms with Gasteiger partial charge in [-0.15, -0.1) is 10.2 Å². The molecule has 3 aromatic heterocycles. The molecule has 1 fully saturated rings. The predicted octanol–water partition coefficient (Wildman–Crippen LogP) is 4.20. The average Bonchev–Trinajstić information content (AvgIpc) is 3.69. The number of aryl methyl sites for hydroxylation is 2. The van der Waals surface area contributed by atoms with Crippen molar-refractivity contribution in [2.45, 2.75) is 39.5 Å². The van der Waals surface area contributed by atoms with Crippen LogP contribution in [0.25, 0.3) is 11.4 Å². The Kier molecular flexibility index (Phi) is 6.71. The summed E-state index contributed by atoms with van der Waals surface area (Å²) in [6, 6.07) is 11.6. The molecule has 6 rings (SSSR count). The fourth-order valence-corrected chi connectivity index (χ4v) is 5.34. The molecular formula is C29H31N9O2. The van der Waals surface area contributed by atoms with Crippen LogP contribution in [0.1, 0.15) is 52.9 Å². The Morgan fingerprint density at radius 1 is 1.05 bits per heavy atom. The van der Waals surface area contributed by atoms with Gasteiger partial charge in [0.25, 0.3) is 5.91 Å². The Labute approximate surface area is 232 Å². The molecule has 11 heteroatoms. The van der Waals surface area contributed by atoms with E-state index in [4.69, 9.17) is 19.7 Å². The molecule has 0 radical (unpaired) electrons. The number of hydrogen-bond acceptors (Lipinski definition) is 9. The lowest BCUT2D eigenvalue weighted by Crippen LogP contribution is -2.28. The zero-order valence-corrected chi connectivity index (χ0v) is 23.1. The van der Waals surface area contributed by atoms with E-state index in [2.05, 4.69) is 20.7 Å². The summed E-state index contributed by atoms with van der Waals surface area (Å²) >= 11 is 0. The summed E-state index contributed by atoms with van der Waals surface area (Å²) in [5.74, 6) is 1.15. The largest absolute Gasteiger partial charge is 0.494 e. The Balaban J connectivity index is 1.31. The summed E-state index contributed by atoms with van der Waals surface area (Å²) in [7, 11) is 3.35. The second kappa shape index (κ2) is 10.5. The monoisotopic (exact) mass is 537 g/mol. The Morgan fingerprint density at radius 3 is 2.60 bits per heavy atom. The molecule has 5 heterocycles. The van der Waals surface area contributed by atoms with Gasteiger partial charge in [-0.05, 0) is 62.2 Å². The first-order valence-electron chi connectivity index (χ1n) is 13.4. The molecular weight excluding hydrogens is 506 g/mol. The fourth-order valence-electron chi connectivity index (χ4n) is 5.34. The number of para-hydroxylation sites is 1. The molecule has 0 spiro atoms. The predicted molar refractivity (Wildman–Crippen MR) is 152 cm³/mol. The zero-order chi connectivity index (χ0) is 27.8. The molecule has 11 nitrogen and oxygen atoms in total. The smallest absolute Gasteiger partial charge is 0.255 e. The van der Waals surface area contributed by atoms with Crippen molar-refractivity contribution in [1.29, 1.82) is 0 Å². The molecule has 2 aliphatic rings. The van der Waals surface area contributed by atoms with Crippen LogP contribution in [-0.2, 0) is 19.9 Å². The topological polar surface area (TPSA) is 123 Å². The van der Waals surface area contributed by atoms with Gasteiger partial charge < -0.3 is 15.0 Å². The number of carbonyl (C=O) groups excluding carboxylic acids is 1. The summed E-state index contributed by atoms with van der Waals surface area (Å²) in [5.41, 5.74) is 8.20. The molecule has 0 atom stereocenters. The number of ether oxygens (including phenoxy) is 1. The first-order chi connectivity index (χ1) is 19.4. The van der Waals surface area contributed by atoms with Crippen LogP contribution in [0.15, 0.2) is 41.4 Å². The number of carbonyl (C=O) groups is 1. The molecule has 1 saturated heterocycles. The van der Waals surface area contributed by atoms with Crippen molar-refractivity contribution in [1.82, 2.24) is 35.1 Å². The minimum atomic E-state index is 0.0664. The van der Waals surface area contributed by atoms with Gasteiger partial charge in [-0.3, -0.25) is 19.8 Å². The van der Waals surface area contributed by atoms with Gasteiger partial charge in [-0.25, -0.2) is 0 Å². The van der Waals surface area contributed by atoms with Gasteiger partial charge >= 0.3 is 0 Å². The fraction of sp³-hybridized carbons (Fsp3) is 0.345. The molecule has 0 aliphatic carbocycles. The van der Waals surface area contributed by atoms with E-state index in [1.165, 1.54) is 4.80 Å². The van der Waals surface area contributed by atoms with Crippen molar-refractivity contribution in [3.63, 3.8) is 0 Å². The molecule has 2 aliphatic heterocycles. The number of aliphatic imine (C=N–C) groups is 1. The lowest BCUT2D eigenvalue weighted by Gasteiger charge is -2.17. The van der Waals surface area contributed by atoms with Gasteiger partial charge in [0.15, 0.2) is 5.75 Å². The van der Waals surface area contributed by atoms with Crippen LogP contribution in [0, 0.1) is 6.92 Å². The summed E-state index contributed by atoms with van der Waals surface area (Å²) in [6.07, 6.45) is 3.34. The quantitative estimate of drug-likeness (QED) is 0.372. The normalized spacial score (nSPS) is 14.3. The van der Waals surface area contributed by atoms with Crippen molar-refractivity contribution in [2.75, 3.05) is 25.5 Å². The minimum Gasteiger partial charge on any atom is -0.494 e. The number of nitrogens with zero attached hydrogens (tertiary/aromatic N) is 8. The standard InChI is InChI=1S/C29H31N9O2/c1-17-14-24-26(30-17)25(33-23-9-7-8-22(27(23)40-4)28-34-36-37(3)35-28)16-20(32-24)15-19-10-11-21(18(2)31-19)29(39)38-12-5-6-13-38/h7-11,16H,5-6,12-15H2,1-4H3,(H,32,33). The van der Waals surface area contributed by atoms with Crippen LogP contribution < -0.4 is 10.1 Å². The summed E-state index contributed by atoms with van der Waals surface area (Å²) in [6.45, 7) is 5.55. The van der Waals surface area contributed by atoms with Gasteiger partial charge in [-0.1, -0.05) is 6.07 Å². The number of rotatable bonds is 7. The van der Waals surface area contributed by atoms with Crippen molar-refractivity contribution in [2.24, 2.45) is 12.0 Å². The van der Waals surface area contributed by atoms with E-state index in [1.807, 2.05) is 55.1 Å². The van der Waals surface area contributed by atoms with Gasteiger partial charge in [0, 0.05) is 43.0 Å². The average molecular weight is 538 g/mol. The first kappa shape index (κ1) is 25.6. The minimum absolute atomic E-state index is 0.0664. The number of anilines is 2. The van der Waals surface area contributed by atoms with E-state index in [0.29, 0.717) is 30.0 Å². The van der Waals surface area contributed by atoms with Crippen molar-refractivity contribution in [3.05, 3.63) is 64.7 Å². The molecule has 1 aromatic carbocycles. The van der Waals surface area contributed by atoms with E-state index < -0.39 is 0 Å². The third-order valence-corrected chi connectivity index (χ3v) is 7.21. The van der Waals surface area contributed by atoms with E-state index in [0.717, 1.165) is 77.0 Å². The molecule has 40 heavy (non-hydrogen) atoms. The number of amides is 1. The van der Waals surface area contributed by atoms with Crippen LogP contribution in [-0.4, -0.2) is 66.9 Å². The summed E-state index contributed by atoms with van der Waals surface area (Å²) in [5, 5.41) is 16.0. The van der Waals surface area contributed by atoms with Gasteiger partial charge in [0.1, 0.15) is 5.69 Å². The van der Waals surface area contributed by atoms with E-state index in [-0.39, 0.29) is 5.91 Å². The third-order valence-electron chi connectivity index (χ3n) is 7.21. The highest BCUT2D eigenvalue weighted by Crippen LogP contribution is 2.41. The number of benzene rings is 1. The van der Waals surface area contributed by atoms with Crippen LogP contribution in [0.4, 0.5) is 17.1 Å². The number of likely N-dealkylation sites (tertiary alicyclic amines) is 1. The maximum absolute atomic E-state index is 12.9. The molecule has 1 amide bonds. The van der Waals surface area contributed by atoms with Crippen molar-refractivity contribution >= 4 is 28.7 Å². The number of tetrazole rings is 1. The first-order valence-corrected chi connectivity index (χ1v) is 13.4. The highest BCUT2D eigenvalue weighted by atomic mass is 16.5. The Hall–Kier alpha value is -4.67. The second-order valence-electron chi connectivity index (χ2n) is 10.2. The molecule has 204 valence electrons. The lowest BCUT2D eigenvalue weighted by atomic mass is 10.1. The number of hydrogen-bond donors (Lipinski definition) is 1. The summed E-state index contributed by atoms with van der Waals surface area (Å²) in [4.78, 5) is 30.7. The third kappa shape index (κ3) is 4.90. The Morgan fingerprint density at radius 2 is 1.88 bits per heavy atom. The van der Waals surface area contributed by atoms with E-state index in [1.54, 1.807) is 14.2 Å². The van der Waals surface area contributed by atoms with Crippen LogP contribution in [0.2, 0.25) is 0 Å². The Bertz CT molecular complexity index is 1640.